The van der Waals surface area contributed by atoms with E-state index in [0.717, 1.165) is 12.7 Å². The maximum atomic E-state index is 7.00. The number of aromatic nitrogens is 1. The largest absolute Gasteiger partial charge is 0.400 e. The van der Waals surface area contributed by atoms with Crippen LogP contribution >= 0.6 is 0 Å². The van der Waals surface area contributed by atoms with Crippen molar-refractivity contribution in [2.75, 3.05) is 7.11 Å². The van der Waals surface area contributed by atoms with Gasteiger partial charge in [0.05, 0.1) is 0 Å². The molecule has 4 heteroatoms. The Balaban J connectivity index is 0.000000686. The minimum absolute atomic E-state index is 0.500. The maximum absolute atomic E-state index is 7.00. The van der Waals surface area contributed by atoms with Crippen molar-refractivity contribution >= 4 is 0 Å². The number of rotatable bonds is 3. The van der Waals surface area contributed by atoms with Gasteiger partial charge in [0.2, 0.25) is 5.88 Å². The van der Waals surface area contributed by atoms with Crippen LogP contribution in [0, 0.1) is 6.92 Å². The Morgan fingerprint density at radius 1 is 1.29 bits per heavy atom. The van der Waals surface area contributed by atoms with Crippen LogP contribution in [0.3, 0.4) is 0 Å². The van der Waals surface area contributed by atoms with E-state index < -0.39 is 0 Å². The molecule has 96 valence electrons. The van der Waals surface area contributed by atoms with E-state index in [0.29, 0.717) is 11.9 Å². The SMILES string of the molecule is CO.Cc1cccnc1ONC1CCCCC1. The number of aryl methyl sites for hydroxylation is 1. The highest BCUT2D eigenvalue weighted by atomic mass is 16.7. The minimum atomic E-state index is 0.500. The van der Waals surface area contributed by atoms with E-state index >= 15 is 0 Å². The van der Waals surface area contributed by atoms with Gasteiger partial charge in [-0.05, 0) is 25.8 Å². The smallest absolute Gasteiger partial charge is 0.240 e. The van der Waals surface area contributed by atoms with Crippen molar-refractivity contribution < 1.29 is 9.94 Å². The van der Waals surface area contributed by atoms with Crippen molar-refractivity contribution in [2.45, 2.75) is 45.1 Å². The first-order chi connectivity index (χ1) is 8.36. The summed E-state index contributed by atoms with van der Waals surface area (Å²) >= 11 is 0. The number of aliphatic hydroxyl groups is 1. The summed E-state index contributed by atoms with van der Waals surface area (Å²) < 4.78 is 0. The number of nitrogens with zero attached hydrogens (tertiary/aromatic N) is 1. The Morgan fingerprint density at radius 2 is 2.00 bits per heavy atom. The van der Waals surface area contributed by atoms with Gasteiger partial charge in [-0.15, -0.1) is 0 Å². The number of hydroxylamine groups is 1. The van der Waals surface area contributed by atoms with Crippen molar-refractivity contribution in [1.82, 2.24) is 10.5 Å². The third-order valence-corrected chi connectivity index (χ3v) is 2.89. The summed E-state index contributed by atoms with van der Waals surface area (Å²) in [5, 5.41) is 7.00. The molecule has 4 nitrogen and oxygen atoms in total. The molecule has 0 aliphatic heterocycles. The Kier molecular flexibility index (Phi) is 6.58. The van der Waals surface area contributed by atoms with Gasteiger partial charge in [-0.2, -0.15) is 5.48 Å². The summed E-state index contributed by atoms with van der Waals surface area (Å²) in [6.45, 7) is 2.00. The summed E-state index contributed by atoms with van der Waals surface area (Å²) in [6.07, 6.45) is 8.16. The van der Waals surface area contributed by atoms with Gasteiger partial charge < -0.3 is 9.94 Å². The van der Waals surface area contributed by atoms with E-state index in [4.69, 9.17) is 9.94 Å². The molecule has 2 rings (SSSR count). The fourth-order valence-corrected chi connectivity index (χ4v) is 1.94. The second-order valence-corrected chi connectivity index (χ2v) is 4.18. The van der Waals surface area contributed by atoms with Crippen LogP contribution in [0.2, 0.25) is 0 Å². The summed E-state index contributed by atoms with van der Waals surface area (Å²) in [6, 6.07) is 4.42. The normalized spacial score (nSPS) is 15.9. The van der Waals surface area contributed by atoms with Crippen LogP contribution < -0.4 is 10.3 Å². The molecular weight excluding hydrogens is 216 g/mol. The highest BCUT2D eigenvalue weighted by Gasteiger charge is 2.13. The highest BCUT2D eigenvalue weighted by Crippen LogP contribution is 2.18. The van der Waals surface area contributed by atoms with Gasteiger partial charge in [-0.25, -0.2) is 4.98 Å². The molecule has 1 heterocycles. The van der Waals surface area contributed by atoms with E-state index in [1.807, 2.05) is 19.1 Å². The molecule has 1 aliphatic carbocycles. The van der Waals surface area contributed by atoms with Crippen LogP contribution in [-0.4, -0.2) is 23.2 Å². The van der Waals surface area contributed by atoms with Crippen LogP contribution in [0.15, 0.2) is 18.3 Å². The van der Waals surface area contributed by atoms with Crippen LogP contribution in [0.5, 0.6) is 5.88 Å². The second kappa shape index (κ2) is 8.03. The third-order valence-electron chi connectivity index (χ3n) is 2.89. The average Bonchev–Trinajstić information content (AvgIpc) is 2.41. The predicted octanol–water partition coefficient (Wildman–Crippen LogP) is 2.21. The summed E-state index contributed by atoms with van der Waals surface area (Å²) in [4.78, 5) is 9.69. The summed E-state index contributed by atoms with van der Waals surface area (Å²) in [5.41, 5.74) is 4.19. The van der Waals surface area contributed by atoms with Gasteiger partial charge in [0.25, 0.3) is 0 Å². The predicted molar refractivity (Wildman–Crippen MR) is 67.8 cm³/mol. The molecule has 1 aromatic rings. The molecule has 0 aromatic carbocycles. The minimum Gasteiger partial charge on any atom is -0.400 e. The number of pyridine rings is 1. The number of nitrogens with one attached hydrogen (secondary N) is 1. The van der Waals surface area contributed by atoms with Gasteiger partial charge >= 0.3 is 0 Å². The zero-order valence-corrected chi connectivity index (χ0v) is 10.6. The highest BCUT2D eigenvalue weighted by molar-refractivity contribution is 5.22. The van der Waals surface area contributed by atoms with Crippen molar-refractivity contribution in [1.29, 1.82) is 0 Å². The monoisotopic (exact) mass is 238 g/mol. The van der Waals surface area contributed by atoms with Crippen molar-refractivity contribution in [3.63, 3.8) is 0 Å². The molecule has 1 aliphatic rings. The first-order valence-electron chi connectivity index (χ1n) is 6.15. The molecule has 1 fully saturated rings. The van der Waals surface area contributed by atoms with E-state index in [9.17, 15) is 0 Å². The van der Waals surface area contributed by atoms with Gasteiger partial charge in [0, 0.05) is 24.9 Å². The van der Waals surface area contributed by atoms with E-state index in [-0.39, 0.29) is 0 Å². The van der Waals surface area contributed by atoms with Gasteiger partial charge in [-0.3, -0.25) is 0 Å². The molecule has 0 saturated heterocycles. The van der Waals surface area contributed by atoms with Crippen molar-refractivity contribution in [3.8, 4) is 5.88 Å². The Morgan fingerprint density at radius 3 is 2.65 bits per heavy atom. The Labute approximate surface area is 103 Å². The zero-order valence-electron chi connectivity index (χ0n) is 10.6. The number of hydrogen-bond acceptors (Lipinski definition) is 4. The van der Waals surface area contributed by atoms with E-state index in [1.165, 1.54) is 32.1 Å². The summed E-state index contributed by atoms with van der Waals surface area (Å²) in [5.74, 6) is 0.697. The third kappa shape index (κ3) is 4.71. The molecule has 2 N–H and O–H groups in total. The molecule has 0 unspecified atom stereocenters. The van der Waals surface area contributed by atoms with Crippen LogP contribution in [-0.2, 0) is 0 Å². The summed E-state index contributed by atoms with van der Waals surface area (Å²) in [7, 11) is 1.00. The van der Waals surface area contributed by atoms with Crippen LogP contribution in [0.4, 0.5) is 0 Å². The Bertz CT molecular complexity index is 312. The van der Waals surface area contributed by atoms with Gasteiger partial charge in [-0.1, -0.05) is 25.3 Å². The van der Waals surface area contributed by atoms with Crippen molar-refractivity contribution in [2.24, 2.45) is 0 Å². The van der Waals surface area contributed by atoms with Crippen LogP contribution in [0.1, 0.15) is 37.7 Å². The molecule has 0 amide bonds. The number of aliphatic hydroxyl groups excluding tert-OH is 1. The molecule has 0 bridgehead atoms. The molecule has 1 aromatic heterocycles. The van der Waals surface area contributed by atoms with Gasteiger partial charge in [0.1, 0.15) is 0 Å². The lowest BCUT2D eigenvalue weighted by molar-refractivity contribution is 0.126. The standard InChI is InChI=1S/C12H18N2O.CH4O/c1-10-6-5-9-13-12(10)15-14-11-7-3-2-4-8-11;1-2/h5-6,9,11,14H,2-4,7-8H2,1H3;2H,1H3. The molecule has 1 saturated carbocycles. The first-order valence-corrected chi connectivity index (χ1v) is 6.15. The molecular formula is C13H22N2O2. The lowest BCUT2D eigenvalue weighted by atomic mass is 9.96. The maximum Gasteiger partial charge on any atom is 0.240 e. The first kappa shape index (κ1) is 13.9. The molecule has 17 heavy (non-hydrogen) atoms. The van der Waals surface area contributed by atoms with Crippen LogP contribution in [0.25, 0.3) is 0 Å². The molecule has 0 spiro atoms. The fourth-order valence-electron chi connectivity index (χ4n) is 1.94. The van der Waals surface area contributed by atoms with E-state index in [1.54, 1.807) is 6.20 Å². The van der Waals surface area contributed by atoms with Gasteiger partial charge in [0.15, 0.2) is 0 Å². The quantitative estimate of drug-likeness (QED) is 0.793. The fraction of sp³-hybridized carbons (Fsp3) is 0.615. The Hall–Kier alpha value is -1.13. The van der Waals surface area contributed by atoms with E-state index in [2.05, 4.69) is 10.5 Å². The average molecular weight is 238 g/mol. The number of hydrogen-bond donors (Lipinski definition) is 2. The topological polar surface area (TPSA) is 54.4 Å². The second-order valence-electron chi connectivity index (χ2n) is 4.18. The lowest BCUT2D eigenvalue weighted by Crippen LogP contribution is -2.34. The molecule has 0 atom stereocenters. The zero-order chi connectivity index (χ0) is 12.5. The molecule has 0 radical (unpaired) electrons. The van der Waals surface area contributed by atoms with Crippen molar-refractivity contribution in [3.05, 3.63) is 23.9 Å². The lowest BCUT2D eigenvalue weighted by Gasteiger charge is -2.22.